The molecule has 0 spiro atoms. The molecule has 2 aliphatic heterocycles. The van der Waals surface area contributed by atoms with Crippen LogP contribution in [0.1, 0.15) is 24.4 Å². The number of rotatable bonds is 3. The van der Waals surface area contributed by atoms with E-state index >= 15 is 0 Å². The largest absolute Gasteiger partial charge is 0.457 e. The number of carbonyl (C=O) groups is 1. The first-order valence-electron chi connectivity index (χ1n) is 10.0. The summed E-state index contributed by atoms with van der Waals surface area (Å²) in [5, 5.41) is 11.9. The smallest absolute Gasteiger partial charge is 0.276 e. The summed E-state index contributed by atoms with van der Waals surface area (Å²) in [4.78, 5) is 18.0. The molecule has 162 valence electrons. The average Bonchev–Trinajstić information content (AvgIpc) is 3.25. The number of thioether (sulfide) groups is 1. The second-order valence-electron chi connectivity index (χ2n) is 7.32. The first-order chi connectivity index (χ1) is 15.4. The number of carbonyl (C=O) groups excluding carboxylic acids is 1. The molecule has 1 aromatic heterocycles. The Morgan fingerprint density at radius 1 is 1.22 bits per heavy atom. The van der Waals surface area contributed by atoms with Crippen molar-refractivity contribution in [1.29, 1.82) is 0 Å². The van der Waals surface area contributed by atoms with Crippen LogP contribution < -0.4 is 15.9 Å². The van der Waals surface area contributed by atoms with Crippen molar-refractivity contribution in [2.45, 2.75) is 20.0 Å². The third-order valence-corrected chi connectivity index (χ3v) is 6.83. The number of hydrogen-bond acceptors (Lipinski definition) is 6. The van der Waals surface area contributed by atoms with E-state index in [0.717, 1.165) is 26.6 Å². The molecule has 2 aromatic carbocycles. The SMILES string of the molecule is CCSC1=NN2C(=c3cc(Br)ccc3=NC2c2ccc(-c3ccc(C)c(Cl)c3)o2)C(=O)N1. The lowest BCUT2D eigenvalue weighted by atomic mass is 10.1. The number of nitrogens with zero attached hydrogens (tertiary/aromatic N) is 3. The molecule has 1 amide bonds. The maximum atomic E-state index is 13.1. The van der Waals surface area contributed by atoms with Gasteiger partial charge in [0.25, 0.3) is 5.91 Å². The van der Waals surface area contributed by atoms with Crippen molar-refractivity contribution in [3.05, 3.63) is 79.9 Å². The van der Waals surface area contributed by atoms with Crippen LogP contribution in [0, 0.1) is 6.92 Å². The number of fused-ring (bicyclic) bond motifs is 2. The minimum Gasteiger partial charge on any atom is -0.457 e. The Kier molecular flexibility index (Phi) is 5.61. The molecular formula is C23H18BrClN4O2S. The highest BCUT2D eigenvalue weighted by Gasteiger charge is 2.36. The van der Waals surface area contributed by atoms with Gasteiger partial charge in [0.1, 0.15) is 11.5 Å². The lowest BCUT2D eigenvalue weighted by Gasteiger charge is -2.32. The minimum absolute atomic E-state index is 0.215. The molecule has 32 heavy (non-hydrogen) atoms. The highest BCUT2D eigenvalue weighted by Crippen LogP contribution is 2.35. The lowest BCUT2D eigenvalue weighted by molar-refractivity contribution is -0.116. The van der Waals surface area contributed by atoms with Crippen molar-refractivity contribution in [2.24, 2.45) is 10.1 Å². The van der Waals surface area contributed by atoms with E-state index in [-0.39, 0.29) is 5.91 Å². The fourth-order valence-corrected chi connectivity index (χ4v) is 4.76. The van der Waals surface area contributed by atoms with Crippen LogP contribution in [-0.2, 0) is 4.79 Å². The second kappa shape index (κ2) is 8.42. The summed E-state index contributed by atoms with van der Waals surface area (Å²) in [6, 6.07) is 15.2. The van der Waals surface area contributed by atoms with E-state index in [1.807, 2.05) is 62.4 Å². The predicted molar refractivity (Wildman–Crippen MR) is 131 cm³/mol. The average molecular weight is 530 g/mol. The number of nitrogens with one attached hydrogen (secondary N) is 1. The number of benzene rings is 2. The quantitative estimate of drug-likeness (QED) is 0.540. The van der Waals surface area contributed by atoms with Crippen LogP contribution in [0.3, 0.4) is 0 Å². The number of amidine groups is 1. The summed E-state index contributed by atoms with van der Waals surface area (Å²) in [7, 11) is 0. The van der Waals surface area contributed by atoms with E-state index in [4.69, 9.17) is 26.1 Å². The minimum atomic E-state index is -0.605. The van der Waals surface area contributed by atoms with E-state index in [1.54, 1.807) is 5.01 Å². The van der Waals surface area contributed by atoms with Gasteiger partial charge in [-0.25, -0.2) is 10.0 Å². The number of hydrazone groups is 1. The van der Waals surface area contributed by atoms with Crippen LogP contribution in [-0.4, -0.2) is 21.8 Å². The first kappa shape index (κ1) is 21.3. The Labute approximate surface area is 202 Å². The highest BCUT2D eigenvalue weighted by atomic mass is 79.9. The Balaban J connectivity index is 1.65. The molecule has 6 nitrogen and oxygen atoms in total. The molecule has 1 unspecified atom stereocenters. The maximum absolute atomic E-state index is 13.1. The van der Waals surface area contributed by atoms with E-state index in [9.17, 15) is 4.79 Å². The topological polar surface area (TPSA) is 70.2 Å². The van der Waals surface area contributed by atoms with Crippen molar-refractivity contribution >= 4 is 56.1 Å². The van der Waals surface area contributed by atoms with Gasteiger partial charge < -0.3 is 4.42 Å². The fourth-order valence-electron chi connectivity index (χ4n) is 3.63. The molecule has 0 saturated carbocycles. The van der Waals surface area contributed by atoms with Gasteiger partial charge in [0.15, 0.2) is 10.9 Å². The van der Waals surface area contributed by atoms with Gasteiger partial charge in [-0.15, -0.1) is 5.10 Å². The van der Waals surface area contributed by atoms with Crippen LogP contribution in [0.2, 0.25) is 5.02 Å². The Hall–Kier alpha value is -2.55. The number of aryl methyl sites for hydroxylation is 1. The van der Waals surface area contributed by atoms with Gasteiger partial charge in [0.2, 0.25) is 6.17 Å². The van der Waals surface area contributed by atoms with Crippen molar-refractivity contribution in [1.82, 2.24) is 10.3 Å². The van der Waals surface area contributed by atoms with Crippen molar-refractivity contribution in [3.8, 4) is 11.3 Å². The second-order valence-corrected chi connectivity index (χ2v) is 9.89. The summed E-state index contributed by atoms with van der Waals surface area (Å²) >= 11 is 11.3. The van der Waals surface area contributed by atoms with Crippen LogP contribution in [0.25, 0.3) is 17.0 Å². The molecule has 3 aromatic rings. The maximum Gasteiger partial charge on any atom is 0.276 e. The van der Waals surface area contributed by atoms with Gasteiger partial charge in [-0.05, 0) is 54.6 Å². The van der Waals surface area contributed by atoms with Gasteiger partial charge in [0, 0.05) is 20.3 Å². The van der Waals surface area contributed by atoms with Gasteiger partial charge in [-0.1, -0.05) is 58.3 Å². The summed E-state index contributed by atoms with van der Waals surface area (Å²) in [5.41, 5.74) is 2.32. The molecule has 0 radical (unpaired) electrons. The molecule has 0 aliphatic carbocycles. The van der Waals surface area contributed by atoms with E-state index in [0.29, 0.717) is 32.8 Å². The highest BCUT2D eigenvalue weighted by molar-refractivity contribution is 9.10. The van der Waals surface area contributed by atoms with Crippen LogP contribution in [0.4, 0.5) is 0 Å². The Morgan fingerprint density at radius 2 is 2.06 bits per heavy atom. The zero-order valence-electron chi connectivity index (χ0n) is 17.2. The third kappa shape index (κ3) is 3.76. The van der Waals surface area contributed by atoms with Gasteiger partial charge in [-0.2, -0.15) is 0 Å². The standard InChI is InChI=1S/C23H18BrClN4O2S/c1-3-32-23-27-22(30)20-15-11-14(24)6-7-17(15)26-21(29(20)28-23)19-9-8-18(31-19)13-5-4-12(2)16(25)10-13/h4-11,21H,3H2,1-2H3,(H,27,28,30). The molecule has 1 atom stereocenters. The number of hydrogen-bond donors (Lipinski definition) is 1. The summed E-state index contributed by atoms with van der Waals surface area (Å²) in [6.07, 6.45) is -0.605. The molecule has 3 heterocycles. The molecule has 9 heteroatoms. The lowest BCUT2D eigenvalue weighted by Crippen LogP contribution is -2.50. The zero-order valence-corrected chi connectivity index (χ0v) is 20.4. The van der Waals surface area contributed by atoms with Crippen molar-refractivity contribution < 1.29 is 9.21 Å². The summed E-state index contributed by atoms with van der Waals surface area (Å²) in [6.45, 7) is 3.97. The van der Waals surface area contributed by atoms with Gasteiger partial charge in [0.05, 0.1) is 5.36 Å². The predicted octanol–water partition coefficient (Wildman–Crippen LogP) is 4.57. The third-order valence-electron chi connectivity index (χ3n) is 5.19. The first-order valence-corrected chi connectivity index (χ1v) is 12.2. The van der Waals surface area contributed by atoms with E-state index < -0.39 is 6.17 Å². The summed E-state index contributed by atoms with van der Waals surface area (Å²) < 4.78 is 7.06. The van der Waals surface area contributed by atoms with E-state index in [1.165, 1.54) is 11.8 Å². The molecule has 5 rings (SSSR count). The number of halogens is 2. The number of amides is 1. The van der Waals surface area contributed by atoms with Gasteiger partial charge >= 0.3 is 0 Å². The molecule has 1 N–H and O–H groups in total. The monoisotopic (exact) mass is 528 g/mol. The molecule has 0 saturated heterocycles. The van der Waals surface area contributed by atoms with Gasteiger partial charge in [-0.3, -0.25) is 10.1 Å². The molecule has 2 aliphatic rings. The molecular weight excluding hydrogens is 512 g/mol. The van der Waals surface area contributed by atoms with Crippen LogP contribution in [0.5, 0.6) is 0 Å². The number of furan rings is 1. The zero-order chi connectivity index (χ0) is 22.4. The summed E-state index contributed by atoms with van der Waals surface area (Å²) in [5.74, 6) is 1.83. The van der Waals surface area contributed by atoms with E-state index in [2.05, 4.69) is 21.2 Å². The van der Waals surface area contributed by atoms with Crippen molar-refractivity contribution in [2.75, 3.05) is 5.75 Å². The molecule has 0 bridgehead atoms. The van der Waals surface area contributed by atoms with Crippen molar-refractivity contribution in [3.63, 3.8) is 0 Å². The molecule has 0 fully saturated rings. The Morgan fingerprint density at radius 3 is 2.84 bits per heavy atom. The fraction of sp³-hybridized carbons (Fsp3) is 0.174. The normalized spacial score (nSPS) is 17.3. The Bertz CT molecular complexity index is 1400. The van der Waals surface area contributed by atoms with Crippen LogP contribution >= 0.6 is 39.3 Å². The van der Waals surface area contributed by atoms with Crippen LogP contribution in [0.15, 0.2) is 67.5 Å².